The third-order valence-corrected chi connectivity index (χ3v) is 4.17. The molecule has 106 valence electrons. The number of hydrogen-bond donors (Lipinski definition) is 2. The zero-order valence-electron chi connectivity index (χ0n) is 10.7. The van der Waals surface area contributed by atoms with Gasteiger partial charge in [0.1, 0.15) is 5.01 Å². The van der Waals surface area contributed by atoms with Crippen LogP contribution in [-0.4, -0.2) is 28.5 Å². The van der Waals surface area contributed by atoms with Crippen molar-refractivity contribution in [2.24, 2.45) is 0 Å². The fraction of sp³-hybridized carbons (Fsp3) is 0.308. The van der Waals surface area contributed by atoms with Gasteiger partial charge >= 0.3 is 5.97 Å². The summed E-state index contributed by atoms with van der Waals surface area (Å²) in [4.78, 5) is 26.4. The van der Waals surface area contributed by atoms with Crippen molar-refractivity contribution in [3.05, 3.63) is 27.9 Å². The third-order valence-electron chi connectivity index (χ3n) is 2.55. The Morgan fingerprint density at radius 1 is 1.35 bits per heavy atom. The number of rotatable bonds is 7. The van der Waals surface area contributed by atoms with Crippen molar-refractivity contribution >= 4 is 34.6 Å². The Hall–Kier alpha value is -1.73. The lowest BCUT2D eigenvalue weighted by Gasteiger charge is -2.02. The Bertz CT molecular complexity index is 578. The molecule has 2 rings (SSSR count). The van der Waals surface area contributed by atoms with E-state index in [1.165, 1.54) is 11.3 Å². The molecule has 0 spiro atoms. The average molecular weight is 310 g/mol. The number of carbonyl (C=O) groups is 2. The first-order chi connectivity index (χ1) is 9.65. The first kappa shape index (κ1) is 14.7. The molecule has 0 unspecified atom stereocenters. The standard InChI is InChI=1S/C13H14N2O3S2/c16-11(14-4-1-2-12(17)18)6-10-8-20-13(15-10)9-3-5-19-7-9/h3,5,7-8H,1-2,4,6H2,(H,14,16)(H,17,18). The third kappa shape index (κ3) is 4.43. The molecule has 0 aromatic carbocycles. The Labute approximate surface area is 124 Å². The molecule has 0 bridgehead atoms. The summed E-state index contributed by atoms with van der Waals surface area (Å²) in [5, 5.41) is 18.0. The smallest absolute Gasteiger partial charge is 0.303 e. The summed E-state index contributed by atoms with van der Waals surface area (Å²) in [6, 6.07) is 2.00. The molecule has 0 aliphatic heterocycles. The van der Waals surface area contributed by atoms with E-state index in [1.54, 1.807) is 11.3 Å². The fourth-order valence-electron chi connectivity index (χ4n) is 1.60. The number of thiophene rings is 1. The molecule has 20 heavy (non-hydrogen) atoms. The summed E-state index contributed by atoms with van der Waals surface area (Å²) in [6.07, 6.45) is 0.741. The zero-order valence-corrected chi connectivity index (χ0v) is 12.3. The molecule has 0 aliphatic rings. The summed E-state index contributed by atoms with van der Waals surface area (Å²) in [5.41, 5.74) is 1.82. The minimum absolute atomic E-state index is 0.0687. The predicted octanol–water partition coefficient (Wildman–Crippen LogP) is 2.40. The highest BCUT2D eigenvalue weighted by molar-refractivity contribution is 7.14. The van der Waals surface area contributed by atoms with Crippen molar-refractivity contribution in [3.63, 3.8) is 0 Å². The maximum atomic E-state index is 11.7. The van der Waals surface area contributed by atoms with E-state index in [4.69, 9.17) is 5.11 Å². The molecule has 2 aromatic rings. The van der Waals surface area contributed by atoms with Crippen LogP contribution >= 0.6 is 22.7 Å². The molecule has 5 nitrogen and oxygen atoms in total. The molecular weight excluding hydrogens is 296 g/mol. The molecule has 0 radical (unpaired) electrons. The minimum Gasteiger partial charge on any atom is -0.481 e. The SMILES string of the molecule is O=C(O)CCCNC(=O)Cc1csc(-c2ccsc2)n1. The highest BCUT2D eigenvalue weighted by Gasteiger charge is 2.09. The van der Waals surface area contributed by atoms with Crippen molar-refractivity contribution in [1.29, 1.82) is 0 Å². The van der Waals surface area contributed by atoms with Crippen molar-refractivity contribution in [2.75, 3.05) is 6.54 Å². The number of nitrogens with one attached hydrogen (secondary N) is 1. The van der Waals surface area contributed by atoms with Crippen LogP contribution in [0.2, 0.25) is 0 Å². The quantitative estimate of drug-likeness (QED) is 0.770. The molecule has 2 aromatic heterocycles. The number of nitrogens with zero attached hydrogens (tertiary/aromatic N) is 1. The Morgan fingerprint density at radius 3 is 2.90 bits per heavy atom. The molecule has 0 fully saturated rings. The van der Waals surface area contributed by atoms with Crippen LogP contribution in [-0.2, 0) is 16.0 Å². The number of hydrogen-bond acceptors (Lipinski definition) is 5. The van der Waals surface area contributed by atoms with Gasteiger partial charge in [0.05, 0.1) is 12.1 Å². The number of aromatic nitrogens is 1. The largest absolute Gasteiger partial charge is 0.481 e. The second-order valence-electron chi connectivity index (χ2n) is 4.18. The van der Waals surface area contributed by atoms with E-state index in [9.17, 15) is 9.59 Å². The summed E-state index contributed by atoms with van der Waals surface area (Å²) >= 11 is 3.13. The monoisotopic (exact) mass is 310 g/mol. The summed E-state index contributed by atoms with van der Waals surface area (Å²) in [6.45, 7) is 0.382. The van der Waals surface area contributed by atoms with Crippen LogP contribution in [0.4, 0.5) is 0 Å². The lowest BCUT2D eigenvalue weighted by atomic mass is 10.3. The number of carboxylic acids is 1. The fourth-order valence-corrected chi connectivity index (χ4v) is 3.13. The molecular formula is C13H14N2O3S2. The Morgan fingerprint density at radius 2 is 2.20 bits per heavy atom. The van der Waals surface area contributed by atoms with Crippen LogP contribution < -0.4 is 5.32 Å². The highest BCUT2D eigenvalue weighted by atomic mass is 32.1. The minimum atomic E-state index is -0.848. The van der Waals surface area contributed by atoms with Gasteiger partial charge in [-0.2, -0.15) is 11.3 Å². The normalized spacial score (nSPS) is 10.4. The first-order valence-electron chi connectivity index (χ1n) is 6.10. The number of carboxylic acid groups (broad SMARTS) is 1. The van der Waals surface area contributed by atoms with Crippen LogP contribution in [0.3, 0.4) is 0 Å². The van der Waals surface area contributed by atoms with Gasteiger partial charge < -0.3 is 10.4 Å². The van der Waals surface area contributed by atoms with Crippen molar-refractivity contribution in [3.8, 4) is 10.6 Å². The van der Waals surface area contributed by atoms with Crippen molar-refractivity contribution in [2.45, 2.75) is 19.3 Å². The predicted molar refractivity (Wildman–Crippen MR) is 79.0 cm³/mol. The van der Waals surface area contributed by atoms with E-state index in [1.807, 2.05) is 22.2 Å². The highest BCUT2D eigenvalue weighted by Crippen LogP contribution is 2.25. The van der Waals surface area contributed by atoms with Crippen molar-refractivity contribution in [1.82, 2.24) is 10.3 Å². The topological polar surface area (TPSA) is 79.3 Å². The van der Waals surface area contributed by atoms with Gasteiger partial charge in [-0.25, -0.2) is 4.98 Å². The van der Waals surface area contributed by atoms with Gasteiger partial charge in [-0.1, -0.05) is 0 Å². The van der Waals surface area contributed by atoms with E-state index < -0.39 is 5.97 Å². The summed E-state index contributed by atoms with van der Waals surface area (Å²) in [7, 11) is 0. The molecule has 0 saturated carbocycles. The Balaban J connectivity index is 1.78. The molecule has 0 saturated heterocycles. The van der Waals surface area contributed by atoms with Crippen LogP contribution in [0, 0.1) is 0 Å². The van der Waals surface area contributed by atoms with Crippen LogP contribution in [0.1, 0.15) is 18.5 Å². The number of thiazole rings is 1. The summed E-state index contributed by atoms with van der Waals surface area (Å²) < 4.78 is 0. The van der Waals surface area contributed by atoms with Gasteiger partial charge in [0.2, 0.25) is 5.91 Å². The van der Waals surface area contributed by atoms with Gasteiger partial charge in [0, 0.05) is 29.3 Å². The van der Waals surface area contributed by atoms with Crippen LogP contribution in [0.5, 0.6) is 0 Å². The van der Waals surface area contributed by atoms with Gasteiger partial charge in [-0.3, -0.25) is 9.59 Å². The maximum Gasteiger partial charge on any atom is 0.303 e. The number of carbonyl (C=O) groups excluding carboxylic acids is 1. The van der Waals surface area contributed by atoms with E-state index in [0.717, 1.165) is 16.3 Å². The molecule has 2 N–H and O–H groups in total. The van der Waals surface area contributed by atoms with E-state index in [-0.39, 0.29) is 18.7 Å². The summed E-state index contributed by atoms with van der Waals surface area (Å²) in [5.74, 6) is -0.975. The molecule has 2 heterocycles. The lowest BCUT2D eigenvalue weighted by Crippen LogP contribution is -2.26. The lowest BCUT2D eigenvalue weighted by molar-refractivity contribution is -0.137. The van der Waals surface area contributed by atoms with E-state index in [2.05, 4.69) is 10.3 Å². The second-order valence-corrected chi connectivity index (χ2v) is 5.82. The van der Waals surface area contributed by atoms with E-state index >= 15 is 0 Å². The second kappa shape index (κ2) is 7.16. The molecule has 7 heteroatoms. The van der Waals surface area contributed by atoms with Gasteiger partial charge in [0.15, 0.2) is 0 Å². The van der Waals surface area contributed by atoms with Crippen LogP contribution in [0.15, 0.2) is 22.2 Å². The van der Waals surface area contributed by atoms with Crippen LogP contribution in [0.25, 0.3) is 10.6 Å². The van der Waals surface area contributed by atoms with Crippen molar-refractivity contribution < 1.29 is 14.7 Å². The zero-order chi connectivity index (χ0) is 14.4. The molecule has 0 atom stereocenters. The molecule has 1 amide bonds. The number of amides is 1. The average Bonchev–Trinajstić information content (AvgIpc) is 3.04. The van der Waals surface area contributed by atoms with E-state index in [0.29, 0.717) is 13.0 Å². The van der Waals surface area contributed by atoms with Gasteiger partial charge in [-0.05, 0) is 17.9 Å². The number of aliphatic carboxylic acids is 1. The van der Waals surface area contributed by atoms with Gasteiger partial charge in [-0.15, -0.1) is 11.3 Å². The Kier molecular flexibility index (Phi) is 5.25. The van der Waals surface area contributed by atoms with Gasteiger partial charge in [0.25, 0.3) is 0 Å². The maximum absolute atomic E-state index is 11.7. The molecule has 0 aliphatic carbocycles. The first-order valence-corrected chi connectivity index (χ1v) is 7.93.